The summed E-state index contributed by atoms with van der Waals surface area (Å²) in [6.07, 6.45) is -4.03. The summed E-state index contributed by atoms with van der Waals surface area (Å²) in [6.45, 7) is 4.59. The number of ether oxygens (including phenoxy) is 1. The number of aliphatic hydroxyl groups is 1. The average molecular weight is 340 g/mol. The number of hydrogen-bond donors (Lipinski definition) is 3. The fourth-order valence-electron chi connectivity index (χ4n) is 2.56. The summed E-state index contributed by atoms with van der Waals surface area (Å²) in [5.41, 5.74) is 0. The SMILES string of the molecule is CC(C)COCC(O)CNC(=O)NC1CCCC(C(F)(F)F)C1. The number of hydrogen-bond acceptors (Lipinski definition) is 3. The Balaban J connectivity index is 2.23. The minimum absolute atomic E-state index is 0.000647. The van der Waals surface area contributed by atoms with Crippen LogP contribution in [-0.2, 0) is 4.74 Å². The maximum Gasteiger partial charge on any atom is 0.391 e. The molecule has 1 rings (SSSR count). The van der Waals surface area contributed by atoms with Crippen molar-refractivity contribution in [3.8, 4) is 0 Å². The van der Waals surface area contributed by atoms with Crippen LogP contribution in [0, 0.1) is 11.8 Å². The summed E-state index contributed by atoms with van der Waals surface area (Å²) >= 11 is 0. The van der Waals surface area contributed by atoms with Gasteiger partial charge in [-0.05, 0) is 25.2 Å². The maximum absolute atomic E-state index is 12.7. The molecule has 0 aromatic rings. The van der Waals surface area contributed by atoms with Gasteiger partial charge in [0.05, 0.1) is 18.6 Å². The van der Waals surface area contributed by atoms with E-state index >= 15 is 0 Å². The molecule has 0 saturated heterocycles. The van der Waals surface area contributed by atoms with Crippen LogP contribution in [0.2, 0.25) is 0 Å². The van der Waals surface area contributed by atoms with E-state index in [4.69, 9.17) is 4.74 Å². The largest absolute Gasteiger partial charge is 0.391 e. The fourth-order valence-corrected chi connectivity index (χ4v) is 2.56. The van der Waals surface area contributed by atoms with E-state index in [0.29, 0.717) is 25.4 Å². The number of alkyl halides is 3. The van der Waals surface area contributed by atoms with E-state index in [0.717, 1.165) is 0 Å². The molecule has 0 spiro atoms. The second-order valence-corrected chi connectivity index (χ2v) is 6.54. The van der Waals surface area contributed by atoms with Crippen molar-refractivity contribution in [2.45, 2.75) is 57.9 Å². The molecule has 23 heavy (non-hydrogen) atoms. The highest BCUT2D eigenvalue weighted by molar-refractivity contribution is 5.74. The molecule has 0 radical (unpaired) electrons. The van der Waals surface area contributed by atoms with Crippen LogP contribution in [0.15, 0.2) is 0 Å². The van der Waals surface area contributed by atoms with Crippen molar-refractivity contribution in [1.82, 2.24) is 10.6 Å². The molecule has 0 bridgehead atoms. The predicted molar refractivity (Wildman–Crippen MR) is 80.0 cm³/mol. The normalized spacial score (nSPS) is 23.6. The van der Waals surface area contributed by atoms with Gasteiger partial charge in [-0.2, -0.15) is 13.2 Å². The van der Waals surface area contributed by atoms with Crippen molar-refractivity contribution in [2.24, 2.45) is 11.8 Å². The Morgan fingerprint density at radius 1 is 1.30 bits per heavy atom. The summed E-state index contributed by atoms with van der Waals surface area (Å²) in [4.78, 5) is 11.7. The van der Waals surface area contributed by atoms with Gasteiger partial charge in [-0.1, -0.05) is 20.3 Å². The van der Waals surface area contributed by atoms with E-state index in [1.807, 2.05) is 13.8 Å². The number of halogens is 3. The Morgan fingerprint density at radius 3 is 2.61 bits per heavy atom. The molecule has 136 valence electrons. The van der Waals surface area contributed by atoms with E-state index in [1.165, 1.54) is 0 Å². The Kier molecular flexibility index (Phi) is 8.11. The number of carbonyl (C=O) groups is 1. The molecule has 1 aliphatic carbocycles. The lowest BCUT2D eigenvalue weighted by molar-refractivity contribution is -0.183. The van der Waals surface area contributed by atoms with Gasteiger partial charge < -0.3 is 20.5 Å². The van der Waals surface area contributed by atoms with Crippen molar-refractivity contribution in [2.75, 3.05) is 19.8 Å². The van der Waals surface area contributed by atoms with Gasteiger partial charge >= 0.3 is 12.2 Å². The van der Waals surface area contributed by atoms with Crippen molar-refractivity contribution >= 4 is 6.03 Å². The van der Waals surface area contributed by atoms with Crippen LogP contribution in [0.25, 0.3) is 0 Å². The van der Waals surface area contributed by atoms with E-state index in [-0.39, 0.29) is 26.0 Å². The summed E-state index contributed by atoms with van der Waals surface area (Å²) in [5, 5.41) is 14.7. The highest BCUT2D eigenvalue weighted by Gasteiger charge is 2.42. The van der Waals surface area contributed by atoms with Crippen molar-refractivity contribution in [3.05, 3.63) is 0 Å². The van der Waals surface area contributed by atoms with E-state index in [9.17, 15) is 23.1 Å². The molecule has 5 nitrogen and oxygen atoms in total. The smallest absolute Gasteiger partial charge is 0.389 e. The molecular formula is C15H27F3N2O3. The monoisotopic (exact) mass is 340 g/mol. The maximum atomic E-state index is 12.7. The van der Waals surface area contributed by atoms with Crippen LogP contribution in [0.4, 0.5) is 18.0 Å². The Hall–Kier alpha value is -1.02. The Morgan fingerprint density at radius 2 is 2.00 bits per heavy atom. The fraction of sp³-hybridized carbons (Fsp3) is 0.933. The zero-order valence-electron chi connectivity index (χ0n) is 13.7. The van der Waals surface area contributed by atoms with E-state index in [1.54, 1.807) is 0 Å². The lowest BCUT2D eigenvalue weighted by Gasteiger charge is -2.31. The predicted octanol–water partition coefficient (Wildman–Crippen LogP) is 2.44. The van der Waals surface area contributed by atoms with Crippen molar-refractivity contribution in [1.29, 1.82) is 0 Å². The summed E-state index contributed by atoms with van der Waals surface area (Å²) in [6, 6.07) is -1.04. The molecule has 3 atom stereocenters. The van der Waals surface area contributed by atoms with Crippen molar-refractivity contribution < 1.29 is 27.8 Å². The minimum atomic E-state index is -4.21. The minimum Gasteiger partial charge on any atom is -0.389 e. The first kappa shape index (κ1) is 20.0. The lowest BCUT2D eigenvalue weighted by Crippen LogP contribution is -2.47. The highest BCUT2D eigenvalue weighted by atomic mass is 19.4. The molecule has 3 unspecified atom stereocenters. The van der Waals surface area contributed by atoms with Gasteiger partial charge in [0, 0.05) is 19.2 Å². The topological polar surface area (TPSA) is 70.6 Å². The van der Waals surface area contributed by atoms with Crippen molar-refractivity contribution in [3.63, 3.8) is 0 Å². The van der Waals surface area contributed by atoms with Crippen LogP contribution in [0.5, 0.6) is 0 Å². The number of amides is 2. The first-order valence-electron chi connectivity index (χ1n) is 8.05. The molecule has 0 aliphatic heterocycles. The van der Waals surface area contributed by atoms with Crippen LogP contribution in [0.1, 0.15) is 39.5 Å². The van der Waals surface area contributed by atoms with Crippen LogP contribution in [-0.4, -0.2) is 49.2 Å². The first-order chi connectivity index (χ1) is 10.7. The summed E-state index contributed by atoms with van der Waals surface area (Å²) in [5.74, 6) is -0.997. The zero-order valence-corrected chi connectivity index (χ0v) is 13.7. The standard InChI is InChI=1S/C15H27F3N2O3/c1-10(2)8-23-9-13(21)7-19-14(22)20-12-5-3-4-11(6-12)15(16,17)18/h10-13,21H,3-9H2,1-2H3,(H2,19,20,22). The molecule has 0 aromatic heterocycles. The van der Waals surface area contributed by atoms with Crippen LogP contribution in [0.3, 0.4) is 0 Å². The Bertz CT molecular complexity index is 364. The first-order valence-corrected chi connectivity index (χ1v) is 8.05. The van der Waals surface area contributed by atoms with Gasteiger partial charge in [0.15, 0.2) is 0 Å². The second kappa shape index (κ2) is 9.32. The molecule has 8 heteroatoms. The number of rotatable bonds is 7. The number of carbonyl (C=O) groups excluding carboxylic acids is 1. The van der Waals surface area contributed by atoms with Gasteiger partial charge in [0.25, 0.3) is 0 Å². The number of nitrogens with one attached hydrogen (secondary N) is 2. The molecule has 2 amide bonds. The molecular weight excluding hydrogens is 313 g/mol. The highest BCUT2D eigenvalue weighted by Crippen LogP contribution is 2.37. The number of urea groups is 1. The van der Waals surface area contributed by atoms with E-state index < -0.39 is 30.3 Å². The summed E-state index contributed by atoms with van der Waals surface area (Å²) < 4.78 is 43.4. The van der Waals surface area contributed by atoms with Gasteiger partial charge in [0.2, 0.25) is 0 Å². The molecule has 1 fully saturated rings. The van der Waals surface area contributed by atoms with Gasteiger partial charge in [0.1, 0.15) is 0 Å². The zero-order chi connectivity index (χ0) is 17.5. The molecule has 1 aliphatic rings. The van der Waals surface area contributed by atoms with Gasteiger partial charge in [-0.25, -0.2) is 4.79 Å². The second-order valence-electron chi connectivity index (χ2n) is 6.54. The van der Waals surface area contributed by atoms with Gasteiger partial charge in [-0.3, -0.25) is 0 Å². The van der Waals surface area contributed by atoms with Crippen LogP contribution < -0.4 is 10.6 Å². The third-order valence-electron chi connectivity index (χ3n) is 3.73. The third kappa shape index (κ3) is 8.41. The molecule has 3 N–H and O–H groups in total. The number of aliphatic hydroxyl groups excluding tert-OH is 1. The van der Waals surface area contributed by atoms with Crippen LogP contribution >= 0.6 is 0 Å². The molecule has 1 saturated carbocycles. The Labute approximate surface area is 135 Å². The quantitative estimate of drug-likeness (QED) is 0.667. The molecule has 0 heterocycles. The summed E-state index contributed by atoms with van der Waals surface area (Å²) in [7, 11) is 0. The third-order valence-corrected chi connectivity index (χ3v) is 3.73. The van der Waals surface area contributed by atoms with E-state index in [2.05, 4.69) is 10.6 Å². The lowest BCUT2D eigenvalue weighted by atomic mass is 9.85. The average Bonchev–Trinajstić information content (AvgIpc) is 2.44. The molecule has 0 aromatic carbocycles. The van der Waals surface area contributed by atoms with Gasteiger partial charge in [-0.15, -0.1) is 0 Å².